The van der Waals surface area contributed by atoms with Crippen molar-refractivity contribution >= 4 is 28.9 Å². The summed E-state index contributed by atoms with van der Waals surface area (Å²) in [7, 11) is 4.72. The van der Waals surface area contributed by atoms with Gasteiger partial charge in [-0.15, -0.1) is 0 Å². The summed E-state index contributed by atoms with van der Waals surface area (Å²) >= 11 is 0. The van der Waals surface area contributed by atoms with E-state index in [1.807, 2.05) is 34.9 Å². The highest BCUT2D eigenvalue weighted by Gasteiger charge is 2.47. The summed E-state index contributed by atoms with van der Waals surface area (Å²) < 4.78 is 23.4. The third-order valence-electron chi connectivity index (χ3n) is 5.96. The smallest absolute Gasteiger partial charge is 0.321 e. The molecule has 0 N–H and O–H groups in total. The first-order valence-electron chi connectivity index (χ1n) is 11.2. The van der Waals surface area contributed by atoms with Gasteiger partial charge in [-0.2, -0.15) is 0 Å². The molecule has 2 atom stereocenters. The van der Waals surface area contributed by atoms with E-state index in [0.29, 0.717) is 42.6 Å². The molecule has 1 aliphatic heterocycles. The van der Waals surface area contributed by atoms with Crippen LogP contribution in [0.15, 0.2) is 42.5 Å². The summed E-state index contributed by atoms with van der Waals surface area (Å²) in [6, 6.07) is 12.4. The van der Waals surface area contributed by atoms with E-state index in [-0.39, 0.29) is 12.5 Å². The van der Waals surface area contributed by atoms with Crippen LogP contribution in [0.4, 0.5) is 5.95 Å². The highest BCUT2D eigenvalue weighted by atomic mass is 16.5. The largest absolute Gasteiger partial charge is 0.493 e. The molecule has 0 spiro atoms. The molecule has 9 heteroatoms. The Morgan fingerprint density at radius 2 is 1.82 bits per heavy atom. The second-order valence-corrected chi connectivity index (χ2v) is 7.90. The normalized spacial score (nSPS) is 17.5. The maximum absolute atomic E-state index is 13.8. The number of anilines is 1. The first-order valence-corrected chi connectivity index (χ1v) is 11.2. The number of hydrogen-bond acceptors (Lipinski definition) is 7. The molecular weight excluding hydrogens is 438 g/mol. The zero-order chi connectivity index (χ0) is 24.2. The number of imidazole rings is 1. The third kappa shape index (κ3) is 4.07. The summed E-state index contributed by atoms with van der Waals surface area (Å²) in [5.74, 6) is -0.473. The first-order chi connectivity index (χ1) is 16.5. The molecular formula is C25H29N3O6. The van der Waals surface area contributed by atoms with Gasteiger partial charge in [-0.25, -0.2) is 4.98 Å². The number of benzene rings is 2. The zero-order valence-corrected chi connectivity index (χ0v) is 19.8. The highest BCUT2D eigenvalue weighted by molar-refractivity contribution is 6.08. The summed E-state index contributed by atoms with van der Waals surface area (Å²) in [6.45, 7) is 2.74. The number of carbonyl (C=O) groups is 2. The maximum Gasteiger partial charge on any atom is 0.321 e. The minimum Gasteiger partial charge on any atom is -0.493 e. The molecule has 9 nitrogen and oxygen atoms in total. The van der Waals surface area contributed by atoms with Crippen LogP contribution in [0.25, 0.3) is 11.0 Å². The van der Waals surface area contributed by atoms with Crippen molar-refractivity contribution in [3.05, 3.63) is 48.0 Å². The molecule has 1 amide bonds. The van der Waals surface area contributed by atoms with E-state index in [1.54, 1.807) is 45.3 Å². The lowest BCUT2D eigenvalue weighted by Gasteiger charge is -2.38. The third-order valence-corrected chi connectivity index (χ3v) is 5.96. The lowest BCUT2D eigenvalue weighted by molar-refractivity contribution is -0.153. The van der Waals surface area contributed by atoms with E-state index >= 15 is 0 Å². The Labute approximate surface area is 198 Å². The Morgan fingerprint density at radius 3 is 2.53 bits per heavy atom. The Morgan fingerprint density at radius 1 is 1.06 bits per heavy atom. The van der Waals surface area contributed by atoms with Gasteiger partial charge in [-0.3, -0.25) is 14.5 Å². The molecule has 180 valence electrons. The predicted molar refractivity (Wildman–Crippen MR) is 126 cm³/mol. The minimum atomic E-state index is -1.09. The standard InChI is InChI=1S/C25H29N3O6/c1-5-34-24(30)21-22(16-11-12-19(32-3)20(15-16)33-4)28-18-10-7-6-9-17(18)26-25(28)27(23(21)29)13-8-14-31-2/h6-7,9-12,15,21-22H,5,8,13-14H2,1-4H3/t21-,22-/m0/s1. The monoisotopic (exact) mass is 467 g/mol. The van der Waals surface area contributed by atoms with Crippen molar-refractivity contribution in [1.29, 1.82) is 0 Å². The molecule has 3 aromatic rings. The number of hydrogen-bond donors (Lipinski definition) is 0. The molecule has 0 bridgehead atoms. The molecule has 2 heterocycles. The second kappa shape index (κ2) is 10.1. The summed E-state index contributed by atoms with van der Waals surface area (Å²) in [4.78, 5) is 33.4. The fourth-order valence-corrected chi connectivity index (χ4v) is 4.46. The highest BCUT2D eigenvalue weighted by Crippen LogP contribution is 2.43. The number of ether oxygens (including phenoxy) is 4. The van der Waals surface area contributed by atoms with Gasteiger partial charge in [0.1, 0.15) is 0 Å². The van der Waals surface area contributed by atoms with Gasteiger partial charge >= 0.3 is 5.97 Å². The molecule has 0 saturated heterocycles. The van der Waals surface area contributed by atoms with Crippen LogP contribution in [0.2, 0.25) is 0 Å². The van der Waals surface area contributed by atoms with Crippen molar-refractivity contribution in [2.45, 2.75) is 19.4 Å². The van der Waals surface area contributed by atoms with Gasteiger partial charge < -0.3 is 23.5 Å². The van der Waals surface area contributed by atoms with Crippen molar-refractivity contribution < 1.29 is 28.5 Å². The number of para-hydroxylation sites is 2. The van der Waals surface area contributed by atoms with Crippen molar-refractivity contribution in [3.63, 3.8) is 0 Å². The molecule has 1 aromatic heterocycles. The van der Waals surface area contributed by atoms with Crippen LogP contribution < -0.4 is 14.4 Å². The van der Waals surface area contributed by atoms with E-state index in [2.05, 4.69) is 0 Å². The van der Waals surface area contributed by atoms with Crippen LogP contribution in [0.1, 0.15) is 24.9 Å². The summed E-state index contributed by atoms with van der Waals surface area (Å²) in [5, 5.41) is 0. The van der Waals surface area contributed by atoms with Crippen LogP contribution in [0.5, 0.6) is 11.5 Å². The number of fused-ring (bicyclic) bond motifs is 3. The van der Waals surface area contributed by atoms with Gasteiger partial charge in [-0.1, -0.05) is 18.2 Å². The summed E-state index contributed by atoms with van der Waals surface area (Å²) in [6.07, 6.45) is 0.599. The first kappa shape index (κ1) is 23.6. The van der Waals surface area contributed by atoms with Crippen molar-refractivity contribution in [2.24, 2.45) is 5.92 Å². The average molecular weight is 468 g/mol. The van der Waals surface area contributed by atoms with Gasteiger partial charge in [0.25, 0.3) is 0 Å². The van der Waals surface area contributed by atoms with Crippen molar-refractivity contribution in [2.75, 3.05) is 46.0 Å². The number of aromatic nitrogens is 2. The summed E-state index contributed by atoms with van der Waals surface area (Å²) in [5.41, 5.74) is 2.26. The molecule has 2 aromatic carbocycles. The maximum atomic E-state index is 13.8. The van der Waals surface area contributed by atoms with Crippen LogP contribution in [-0.2, 0) is 19.1 Å². The van der Waals surface area contributed by atoms with Crippen LogP contribution in [-0.4, -0.2) is 62.5 Å². The molecule has 34 heavy (non-hydrogen) atoms. The zero-order valence-electron chi connectivity index (χ0n) is 19.8. The molecule has 0 unspecified atom stereocenters. The van der Waals surface area contributed by atoms with Gasteiger partial charge in [0, 0.05) is 20.3 Å². The molecule has 1 aliphatic rings. The van der Waals surface area contributed by atoms with Crippen LogP contribution in [0.3, 0.4) is 0 Å². The van der Waals surface area contributed by atoms with E-state index in [9.17, 15) is 9.59 Å². The quantitative estimate of drug-likeness (QED) is 0.271. The Hall–Kier alpha value is -3.59. The fraction of sp³-hybridized carbons (Fsp3) is 0.400. The van der Waals surface area contributed by atoms with E-state index in [0.717, 1.165) is 11.0 Å². The average Bonchev–Trinajstić information content (AvgIpc) is 3.23. The number of nitrogens with zero attached hydrogens (tertiary/aromatic N) is 3. The Kier molecular flexibility index (Phi) is 7.02. The van der Waals surface area contributed by atoms with E-state index < -0.39 is 17.9 Å². The molecule has 0 fully saturated rings. The number of amides is 1. The number of carbonyl (C=O) groups excluding carboxylic acids is 2. The molecule has 0 saturated carbocycles. The number of methoxy groups -OCH3 is 3. The number of esters is 1. The van der Waals surface area contributed by atoms with E-state index in [4.69, 9.17) is 23.9 Å². The van der Waals surface area contributed by atoms with E-state index in [1.165, 1.54) is 0 Å². The Balaban J connectivity index is 1.95. The Bertz CT molecular complexity index is 1190. The molecule has 0 aliphatic carbocycles. The lowest BCUT2D eigenvalue weighted by atomic mass is 9.89. The molecule has 4 rings (SSSR count). The van der Waals surface area contributed by atoms with Crippen molar-refractivity contribution in [3.8, 4) is 11.5 Å². The van der Waals surface area contributed by atoms with Gasteiger partial charge in [0.05, 0.1) is 37.9 Å². The predicted octanol–water partition coefficient (Wildman–Crippen LogP) is 3.21. The SMILES string of the molecule is CCOC(=O)[C@@H]1C(=O)N(CCCOC)c2nc3ccccc3n2[C@H]1c1ccc(OC)c(OC)c1. The van der Waals surface area contributed by atoms with Gasteiger partial charge in [-0.05, 0) is 43.2 Å². The van der Waals surface area contributed by atoms with Gasteiger partial charge in [0.15, 0.2) is 17.4 Å². The second-order valence-electron chi connectivity index (χ2n) is 7.90. The fourth-order valence-electron chi connectivity index (χ4n) is 4.46. The van der Waals surface area contributed by atoms with Crippen molar-refractivity contribution in [1.82, 2.24) is 9.55 Å². The lowest BCUT2D eigenvalue weighted by Crippen LogP contribution is -2.50. The van der Waals surface area contributed by atoms with Crippen LogP contribution >= 0.6 is 0 Å². The topological polar surface area (TPSA) is 92.1 Å². The van der Waals surface area contributed by atoms with Crippen LogP contribution in [0, 0.1) is 5.92 Å². The molecule has 0 radical (unpaired) electrons. The minimum absolute atomic E-state index is 0.169. The van der Waals surface area contributed by atoms with Gasteiger partial charge in [0.2, 0.25) is 11.9 Å². The number of rotatable bonds is 9.